The second-order valence-electron chi connectivity index (χ2n) is 4.89. The van der Waals surface area contributed by atoms with Gasteiger partial charge in [0, 0.05) is 6.04 Å². The van der Waals surface area contributed by atoms with Crippen molar-refractivity contribution in [3.63, 3.8) is 0 Å². The zero-order valence-electron chi connectivity index (χ0n) is 8.51. The van der Waals surface area contributed by atoms with Crippen LogP contribution in [-0.2, 0) is 0 Å². The first-order chi connectivity index (χ1) is 5.49. The lowest BCUT2D eigenvalue weighted by Gasteiger charge is -2.45. The first-order valence-corrected chi connectivity index (χ1v) is 4.94. The number of hydrogen-bond acceptors (Lipinski definition) is 2. The minimum Gasteiger partial charge on any atom is -0.330 e. The second-order valence-corrected chi connectivity index (χ2v) is 4.89. The van der Waals surface area contributed by atoms with Crippen LogP contribution in [0.3, 0.4) is 0 Å². The van der Waals surface area contributed by atoms with Crippen LogP contribution in [0.5, 0.6) is 0 Å². The maximum atomic E-state index is 6.01. The van der Waals surface area contributed by atoms with Gasteiger partial charge in [-0.05, 0) is 36.6 Å². The Morgan fingerprint density at radius 3 is 2.42 bits per heavy atom. The number of rotatable bonds is 1. The van der Waals surface area contributed by atoms with Gasteiger partial charge in [0.1, 0.15) is 0 Å². The summed E-state index contributed by atoms with van der Waals surface area (Å²) in [6.45, 7) is 7.64. The molecule has 1 aliphatic carbocycles. The highest BCUT2D eigenvalue weighted by atomic mass is 14.7. The highest BCUT2D eigenvalue weighted by Crippen LogP contribution is 2.42. The molecular weight excluding hydrogens is 148 g/mol. The van der Waals surface area contributed by atoms with E-state index in [1.807, 2.05) is 0 Å². The molecule has 0 aromatic rings. The quantitative estimate of drug-likeness (QED) is 0.624. The average molecular weight is 170 g/mol. The molecule has 2 nitrogen and oxygen atoms in total. The third-order valence-electron chi connectivity index (χ3n) is 3.69. The Morgan fingerprint density at radius 2 is 2.00 bits per heavy atom. The summed E-state index contributed by atoms with van der Waals surface area (Å²) in [5.41, 5.74) is 12.2. The lowest BCUT2D eigenvalue weighted by atomic mass is 9.62. The highest BCUT2D eigenvalue weighted by Gasteiger charge is 2.39. The molecule has 4 N–H and O–H groups in total. The van der Waals surface area contributed by atoms with Gasteiger partial charge in [0.25, 0.3) is 0 Å². The van der Waals surface area contributed by atoms with Crippen molar-refractivity contribution >= 4 is 0 Å². The van der Waals surface area contributed by atoms with Gasteiger partial charge >= 0.3 is 0 Å². The van der Waals surface area contributed by atoms with Crippen LogP contribution in [0.25, 0.3) is 0 Å². The minimum absolute atomic E-state index is 0.367. The molecule has 0 aromatic heterocycles. The monoisotopic (exact) mass is 170 g/mol. The molecule has 0 bridgehead atoms. The molecule has 3 unspecified atom stereocenters. The Kier molecular flexibility index (Phi) is 2.79. The first-order valence-electron chi connectivity index (χ1n) is 4.94. The van der Waals surface area contributed by atoms with Crippen molar-refractivity contribution in [1.29, 1.82) is 0 Å². The standard InChI is InChI=1S/C10H22N2/c1-7-8(6-11)10(2,3)5-4-9(7)12/h7-9H,4-6,11-12H2,1-3H3. The van der Waals surface area contributed by atoms with Crippen LogP contribution in [0, 0.1) is 17.3 Å². The van der Waals surface area contributed by atoms with E-state index < -0.39 is 0 Å². The van der Waals surface area contributed by atoms with Gasteiger partial charge in [-0.2, -0.15) is 0 Å². The lowest BCUT2D eigenvalue weighted by molar-refractivity contribution is 0.0746. The van der Waals surface area contributed by atoms with Crippen LogP contribution in [0.1, 0.15) is 33.6 Å². The molecule has 0 saturated heterocycles. The third-order valence-corrected chi connectivity index (χ3v) is 3.69. The fraction of sp³-hybridized carbons (Fsp3) is 1.00. The molecule has 3 atom stereocenters. The van der Waals surface area contributed by atoms with Crippen LogP contribution in [0.4, 0.5) is 0 Å². The van der Waals surface area contributed by atoms with Crippen LogP contribution >= 0.6 is 0 Å². The molecule has 1 saturated carbocycles. The van der Waals surface area contributed by atoms with E-state index in [0.29, 0.717) is 23.3 Å². The summed E-state index contributed by atoms with van der Waals surface area (Å²) in [4.78, 5) is 0. The second kappa shape index (κ2) is 3.35. The lowest BCUT2D eigenvalue weighted by Crippen LogP contribution is -2.48. The Labute approximate surface area is 75.7 Å². The van der Waals surface area contributed by atoms with Gasteiger partial charge in [0.05, 0.1) is 0 Å². The van der Waals surface area contributed by atoms with Crippen LogP contribution in [-0.4, -0.2) is 12.6 Å². The SMILES string of the molecule is CC1C(N)CCC(C)(C)C1CN. The molecule has 0 heterocycles. The zero-order valence-corrected chi connectivity index (χ0v) is 8.51. The van der Waals surface area contributed by atoms with Gasteiger partial charge in [0.15, 0.2) is 0 Å². The van der Waals surface area contributed by atoms with E-state index in [0.717, 1.165) is 13.0 Å². The van der Waals surface area contributed by atoms with Gasteiger partial charge in [-0.3, -0.25) is 0 Å². The molecular formula is C10H22N2. The summed E-state index contributed by atoms with van der Waals surface area (Å²) < 4.78 is 0. The van der Waals surface area contributed by atoms with Crippen LogP contribution in [0.15, 0.2) is 0 Å². The van der Waals surface area contributed by atoms with E-state index in [1.54, 1.807) is 0 Å². The van der Waals surface area contributed by atoms with Gasteiger partial charge < -0.3 is 11.5 Å². The number of nitrogens with two attached hydrogens (primary N) is 2. The molecule has 12 heavy (non-hydrogen) atoms. The van der Waals surface area contributed by atoms with Crippen molar-refractivity contribution in [2.24, 2.45) is 28.7 Å². The van der Waals surface area contributed by atoms with E-state index in [2.05, 4.69) is 20.8 Å². The summed E-state index contributed by atoms with van der Waals surface area (Å²) >= 11 is 0. The van der Waals surface area contributed by atoms with Crippen molar-refractivity contribution < 1.29 is 0 Å². The molecule has 0 radical (unpaired) electrons. The maximum absolute atomic E-state index is 6.01. The number of hydrogen-bond donors (Lipinski definition) is 2. The van der Waals surface area contributed by atoms with Crippen molar-refractivity contribution in [2.45, 2.75) is 39.7 Å². The van der Waals surface area contributed by atoms with Gasteiger partial charge in [-0.25, -0.2) is 0 Å². The van der Waals surface area contributed by atoms with Crippen molar-refractivity contribution in [1.82, 2.24) is 0 Å². The maximum Gasteiger partial charge on any atom is 0.00680 e. The normalized spacial score (nSPS) is 41.2. The van der Waals surface area contributed by atoms with E-state index in [1.165, 1.54) is 6.42 Å². The summed E-state index contributed by atoms with van der Waals surface area (Å²) in [7, 11) is 0. The van der Waals surface area contributed by atoms with Crippen molar-refractivity contribution in [3.05, 3.63) is 0 Å². The Bertz CT molecular complexity index is 154. The molecule has 0 spiro atoms. The largest absolute Gasteiger partial charge is 0.330 e. The fourth-order valence-corrected chi connectivity index (χ4v) is 2.53. The Morgan fingerprint density at radius 1 is 1.42 bits per heavy atom. The smallest absolute Gasteiger partial charge is 0.00680 e. The molecule has 2 heteroatoms. The summed E-state index contributed by atoms with van der Waals surface area (Å²) in [6, 6.07) is 0.367. The summed E-state index contributed by atoms with van der Waals surface area (Å²) in [5.74, 6) is 1.18. The topological polar surface area (TPSA) is 52.0 Å². The van der Waals surface area contributed by atoms with Crippen molar-refractivity contribution in [2.75, 3.05) is 6.54 Å². The van der Waals surface area contributed by atoms with Crippen molar-refractivity contribution in [3.8, 4) is 0 Å². The third kappa shape index (κ3) is 1.64. The predicted octanol–water partition coefficient (Wildman–Crippen LogP) is 1.34. The van der Waals surface area contributed by atoms with E-state index in [9.17, 15) is 0 Å². The van der Waals surface area contributed by atoms with Gasteiger partial charge in [0.2, 0.25) is 0 Å². The highest BCUT2D eigenvalue weighted by molar-refractivity contribution is 4.92. The summed E-state index contributed by atoms with van der Waals surface area (Å²) in [6.07, 6.45) is 2.38. The minimum atomic E-state index is 0.367. The summed E-state index contributed by atoms with van der Waals surface area (Å²) in [5, 5.41) is 0. The molecule has 0 amide bonds. The van der Waals surface area contributed by atoms with E-state index in [-0.39, 0.29) is 0 Å². The Hall–Kier alpha value is -0.0800. The molecule has 1 fully saturated rings. The molecule has 0 aromatic carbocycles. The molecule has 1 aliphatic rings. The van der Waals surface area contributed by atoms with E-state index >= 15 is 0 Å². The predicted molar refractivity (Wildman–Crippen MR) is 52.7 cm³/mol. The van der Waals surface area contributed by atoms with E-state index in [4.69, 9.17) is 11.5 Å². The van der Waals surface area contributed by atoms with Crippen LogP contribution < -0.4 is 11.5 Å². The average Bonchev–Trinajstić information content (AvgIpc) is 1.99. The zero-order chi connectivity index (χ0) is 9.35. The first kappa shape index (κ1) is 10.0. The fourth-order valence-electron chi connectivity index (χ4n) is 2.53. The molecule has 1 rings (SSSR count). The van der Waals surface area contributed by atoms with Gasteiger partial charge in [-0.1, -0.05) is 20.8 Å². The molecule has 72 valence electrons. The Balaban J connectivity index is 2.72. The van der Waals surface area contributed by atoms with Gasteiger partial charge in [-0.15, -0.1) is 0 Å². The molecule has 0 aliphatic heterocycles. The van der Waals surface area contributed by atoms with Crippen LogP contribution in [0.2, 0.25) is 0 Å².